The fourth-order valence-corrected chi connectivity index (χ4v) is 3.03. The molecule has 0 aliphatic rings. The Hall–Kier alpha value is -2.79. The zero-order valence-electron chi connectivity index (χ0n) is 14.6. The molecule has 0 unspecified atom stereocenters. The number of fused-ring (bicyclic) bond motifs is 1. The Morgan fingerprint density at radius 3 is 2.76 bits per heavy atom. The quantitative estimate of drug-likeness (QED) is 0.747. The van der Waals surface area contributed by atoms with Gasteiger partial charge in [-0.2, -0.15) is 0 Å². The monoisotopic (exact) mass is 339 g/mol. The van der Waals surface area contributed by atoms with Gasteiger partial charge in [0.1, 0.15) is 23.7 Å². The van der Waals surface area contributed by atoms with Crippen LogP contribution in [0.2, 0.25) is 0 Å². The number of hydrogen-bond acceptors (Lipinski definition) is 4. The fraction of sp³-hybridized carbons (Fsp3) is 0.250. The van der Waals surface area contributed by atoms with E-state index >= 15 is 0 Å². The third-order valence-electron chi connectivity index (χ3n) is 4.06. The largest absolute Gasteiger partial charge is 0.491 e. The summed E-state index contributed by atoms with van der Waals surface area (Å²) in [7, 11) is 1.61. The first-order chi connectivity index (χ1) is 12.0. The van der Waals surface area contributed by atoms with Gasteiger partial charge in [0, 0.05) is 18.0 Å². The number of nitrogens with one attached hydrogen (secondary N) is 1. The molecule has 2 N–H and O–H groups in total. The molecule has 5 heteroatoms. The maximum absolute atomic E-state index is 12.2. The summed E-state index contributed by atoms with van der Waals surface area (Å²) in [5.74, 6) is 1.25. The lowest BCUT2D eigenvalue weighted by molar-refractivity contribution is 0.0963. The molecule has 0 aliphatic heterocycles. The van der Waals surface area contributed by atoms with Gasteiger partial charge in [-0.1, -0.05) is 12.1 Å². The lowest BCUT2D eigenvalue weighted by Gasteiger charge is -2.07. The van der Waals surface area contributed by atoms with Crippen LogP contribution in [0.3, 0.4) is 0 Å². The smallest absolute Gasteiger partial charge is 0.254 e. The number of benzene rings is 2. The van der Waals surface area contributed by atoms with Crippen LogP contribution < -0.4 is 10.1 Å². The van der Waals surface area contributed by atoms with Crippen LogP contribution in [-0.2, 0) is 0 Å². The van der Waals surface area contributed by atoms with E-state index in [1.165, 1.54) is 0 Å². The first kappa shape index (κ1) is 17.0. The number of carbonyl (C=O) groups excluding carboxylic acids is 1. The van der Waals surface area contributed by atoms with Gasteiger partial charge in [-0.25, -0.2) is 0 Å². The second-order valence-electron chi connectivity index (χ2n) is 5.90. The summed E-state index contributed by atoms with van der Waals surface area (Å²) in [6, 6.07) is 11.5. The number of hydrogen-bond donors (Lipinski definition) is 2. The summed E-state index contributed by atoms with van der Waals surface area (Å²) in [4.78, 5) is 12.2. The number of aliphatic hydroxyl groups excluding tert-OH is 1. The molecule has 25 heavy (non-hydrogen) atoms. The highest BCUT2D eigenvalue weighted by Crippen LogP contribution is 2.37. The van der Waals surface area contributed by atoms with Crippen LogP contribution in [0.15, 0.2) is 40.8 Å². The van der Waals surface area contributed by atoms with E-state index < -0.39 is 0 Å². The molecule has 5 nitrogen and oxygen atoms in total. The molecule has 0 radical (unpaired) electrons. The standard InChI is InChI=1S/C20H21NO4/c1-12-9-16-18(14-5-4-6-15(11-14)24-8-7-22)13(2)25-19(16)17(10-12)20(23)21-3/h4-6,9-11,22H,7-8H2,1-3H3,(H,21,23). The molecule has 0 fully saturated rings. The Kier molecular flexibility index (Phi) is 4.76. The maximum Gasteiger partial charge on any atom is 0.254 e. The minimum atomic E-state index is -0.172. The van der Waals surface area contributed by atoms with Crippen molar-refractivity contribution in [3.05, 3.63) is 53.3 Å². The van der Waals surface area contributed by atoms with Crippen molar-refractivity contribution in [1.29, 1.82) is 0 Å². The number of aryl methyl sites for hydroxylation is 2. The third kappa shape index (κ3) is 3.23. The van der Waals surface area contributed by atoms with Crippen molar-refractivity contribution in [2.75, 3.05) is 20.3 Å². The van der Waals surface area contributed by atoms with Crippen LogP contribution in [0, 0.1) is 13.8 Å². The fourth-order valence-electron chi connectivity index (χ4n) is 3.03. The van der Waals surface area contributed by atoms with E-state index in [1.54, 1.807) is 7.05 Å². The molecule has 1 aromatic heterocycles. The van der Waals surface area contributed by atoms with Crippen molar-refractivity contribution in [3.8, 4) is 16.9 Å². The minimum Gasteiger partial charge on any atom is -0.491 e. The molecule has 0 bridgehead atoms. The summed E-state index contributed by atoms with van der Waals surface area (Å²) in [5.41, 5.74) is 3.98. The Bertz CT molecular complexity index is 927. The van der Waals surface area contributed by atoms with Gasteiger partial charge in [-0.15, -0.1) is 0 Å². The first-order valence-electron chi connectivity index (χ1n) is 8.15. The van der Waals surface area contributed by atoms with Gasteiger partial charge in [0.15, 0.2) is 0 Å². The van der Waals surface area contributed by atoms with Crippen molar-refractivity contribution in [1.82, 2.24) is 5.32 Å². The van der Waals surface area contributed by atoms with E-state index in [0.29, 0.717) is 16.9 Å². The Balaban J connectivity index is 2.19. The number of aliphatic hydroxyl groups is 1. The number of amides is 1. The van der Waals surface area contributed by atoms with Crippen molar-refractivity contribution in [2.24, 2.45) is 0 Å². The zero-order valence-corrected chi connectivity index (χ0v) is 14.6. The molecular formula is C20H21NO4. The summed E-state index contributed by atoms with van der Waals surface area (Å²) in [6.07, 6.45) is 0. The number of ether oxygens (including phenoxy) is 1. The van der Waals surface area contributed by atoms with Crippen LogP contribution in [0.5, 0.6) is 5.75 Å². The molecule has 3 rings (SSSR count). The molecule has 0 spiro atoms. The van der Waals surface area contributed by atoms with Crippen LogP contribution in [-0.4, -0.2) is 31.3 Å². The van der Waals surface area contributed by atoms with Gasteiger partial charge < -0.3 is 19.6 Å². The average molecular weight is 339 g/mol. The van der Waals surface area contributed by atoms with Crippen molar-refractivity contribution >= 4 is 16.9 Å². The van der Waals surface area contributed by atoms with Gasteiger partial charge >= 0.3 is 0 Å². The lowest BCUT2D eigenvalue weighted by Crippen LogP contribution is -2.18. The number of rotatable bonds is 5. The van der Waals surface area contributed by atoms with Crippen LogP contribution in [0.1, 0.15) is 21.7 Å². The molecule has 1 heterocycles. The molecule has 0 atom stereocenters. The van der Waals surface area contributed by atoms with E-state index in [1.807, 2.05) is 50.2 Å². The molecule has 0 saturated carbocycles. The Labute approximate surface area is 146 Å². The van der Waals surface area contributed by atoms with Gasteiger partial charge in [0.2, 0.25) is 0 Å². The predicted molar refractivity (Wildman–Crippen MR) is 97.1 cm³/mol. The van der Waals surface area contributed by atoms with Crippen LogP contribution in [0.4, 0.5) is 0 Å². The Morgan fingerprint density at radius 1 is 1.24 bits per heavy atom. The van der Waals surface area contributed by atoms with Crippen LogP contribution in [0.25, 0.3) is 22.1 Å². The first-order valence-corrected chi connectivity index (χ1v) is 8.15. The van der Waals surface area contributed by atoms with E-state index in [-0.39, 0.29) is 19.1 Å². The molecular weight excluding hydrogens is 318 g/mol. The lowest BCUT2D eigenvalue weighted by atomic mass is 9.98. The van der Waals surface area contributed by atoms with Gasteiger partial charge in [0.05, 0.1) is 12.2 Å². The van der Waals surface area contributed by atoms with Gasteiger partial charge in [-0.05, 0) is 49.2 Å². The molecule has 0 aliphatic carbocycles. The SMILES string of the molecule is CNC(=O)c1cc(C)cc2c(-c3cccc(OCCO)c3)c(C)oc12. The normalized spacial score (nSPS) is 10.9. The summed E-state index contributed by atoms with van der Waals surface area (Å²) < 4.78 is 11.4. The highest BCUT2D eigenvalue weighted by molar-refractivity contribution is 6.09. The predicted octanol–water partition coefficient (Wildman–Crippen LogP) is 3.45. The highest BCUT2D eigenvalue weighted by Gasteiger charge is 2.19. The number of carbonyl (C=O) groups is 1. The number of furan rings is 1. The van der Waals surface area contributed by atoms with Gasteiger partial charge in [0.25, 0.3) is 5.91 Å². The van der Waals surface area contributed by atoms with E-state index in [2.05, 4.69) is 5.32 Å². The molecule has 1 amide bonds. The average Bonchev–Trinajstić information content (AvgIpc) is 2.94. The summed E-state index contributed by atoms with van der Waals surface area (Å²) in [6.45, 7) is 4.05. The van der Waals surface area contributed by atoms with Crippen molar-refractivity contribution in [3.63, 3.8) is 0 Å². The topological polar surface area (TPSA) is 71.7 Å². The molecule has 130 valence electrons. The van der Waals surface area contributed by atoms with Crippen molar-refractivity contribution in [2.45, 2.75) is 13.8 Å². The maximum atomic E-state index is 12.2. The van der Waals surface area contributed by atoms with Crippen LogP contribution >= 0.6 is 0 Å². The molecule has 0 saturated heterocycles. The second-order valence-corrected chi connectivity index (χ2v) is 5.90. The minimum absolute atomic E-state index is 0.0351. The van der Waals surface area contributed by atoms with Crippen molar-refractivity contribution < 1.29 is 19.1 Å². The summed E-state index contributed by atoms with van der Waals surface area (Å²) in [5, 5.41) is 12.5. The second kappa shape index (κ2) is 6.99. The highest BCUT2D eigenvalue weighted by atomic mass is 16.5. The van der Waals surface area contributed by atoms with Gasteiger partial charge in [-0.3, -0.25) is 4.79 Å². The van der Waals surface area contributed by atoms with E-state index in [9.17, 15) is 4.79 Å². The third-order valence-corrected chi connectivity index (χ3v) is 4.06. The zero-order chi connectivity index (χ0) is 18.0. The Morgan fingerprint density at radius 2 is 2.04 bits per heavy atom. The molecule has 2 aromatic carbocycles. The molecule has 3 aromatic rings. The summed E-state index contributed by atoms with van der Waals surface area (Å²) >= 11 is 0. The van der Waals surface area contributed by atoms with E-state index in [4.69, 9.17) is 14.3 Å². The van der Waals surface area contributed by atoms with E-state index in [0.717, 1.165) is 27.8 Å².